The van der Waals surface area contributed by atoms with E-state index in [0.717, 1.165) is 12.8 Å². The number of phosphoric acid groups is 1. The van der Waals surface area contributed by atoms with Gasteiger partial charge >= 0.3 is 7.82 Å². The summed E-state index contributed by atoms with van der Waals surface area (Å²) in [5, 5.41) is 0. The molecule has 0 aromatic carbocycles. The van der Waals surface area contributed by atoms with Crippen molar-refractivity contribution in [1.82, 2.24) is 0 Å². The van der Waals surface area contributed by atoms with Crippen LogP contribution in [-0.2, 0) is 23.2 Å². The van der Waals surface area contributed by atoms with E-state index in [1.807, 2.05) is 6.92 Å². The first-order chi connectivity index (χ1) is 5.77. The van der Waals surface area contributed by atoms with E-state index in [-0.39, 0.29) is 6.61 Å². The third-order valence-corrected chi connectivity index (χ3v) is 2.59. The predicted octanol–water partition coefficient (Wildman–Crippen LogP) is 1.89. The van der Waals surface area contributed by atoms with Crippen molar-refractivity contribution in [3.63, 3.8) is 0 Å². The lowest BCUT2D eigenvalue weighted by atomic mass is 10.4. The monoisotopic (exact) mass is 196 g/mol. The van der Waals surface area contributed by atoms with E-state index in [1.54, 1.807) is 0 Å². The van der Waals surface area contributed by atoms with Crippen molar-refractivity contribution in [2.24, 2.45) is 0 Å². The molecule has 0 amide bonds. The molecule has 5 nitrogen and oxygen atoms in total. The Hall–Kier alpha value is 0.0700. The zero-order valence-corrected chi connectivity index (χ0v) is 7.92. The Morgan fingerprint density at radius 3 is 2.92 bits per heavy atom. The fourth-order valence-electron chi connectivity index (χ4n) is 0.686. The van der Waals surface area contributed by atoms with Crippen molar-refractivity contribution < 1.29 is 23.2 Å². The fourth-order valence-corrected chi connectivity index (χ4v) is 1.70. The Labute approximate surface area is 71.5 Å². The normalized spacial score (nSPS) is 30.4. The number of rotatable bonds is 4. The highest BCUT2D eigenvalue weighted by Gasteiger charge is 2.31. The quantitative estimate of drug-likeness (QED) is 0.390. The Balaban J connectivity index is 2.22. The average Bonchev–Trinajstić information content (AvgIpc) is 2.06. The zero-order valence-electron chi connectivity index (χ0n) is 7.02. The molecule has 1 atom stereocenters. The predicted molar refractivity (Wildman–Crippen MR) is 41.5 cm³/mol. The van der Waals surface area contributed by atoms with E-state index >= 15 is 0 Å². The van der Waals surface area contributed by atoms with Crippen LogP contribution in [0.3, 0.4) is 0 Å². The van der Waals surface area contributed by atoms with E-state index in [2.05, 4.69) is 9.56 Å². The van der Waals surface area contributed by atoms with Crippen LogP contribution in [0.25, 0.3) is 0 Å². The van der Waals surface area contributed by atoms with Crippen molar-refractivity contribution in [3.8, 4) is 0 Å². The van der Waals surface area contributed by atoms with Crippen molar-refractivity contribution in [2.45, 2.75) is 19.8 Å². The van der Waals surface area contributed by atoms with Crippen LogP contribution in [0.4, 0.5) is 0 Å². The molecule has 72 valence electrons. The summed E-state index contributed by atoms with van der Waals surface area (Å²) < 4.78 is 25.4. The van der Waals surface area contributed by atoms with Crippen molar-refractivity contribution >= 4 is 7.82 Å². The molecule has 1 aliphatic rings. The minimum absolute atomic E-state index is 0.253. The van der Waals surface area contributed by atoms with E-state index in [9.17, 15) is 4.57 Å². The number of unbranched alkanes of at least 4 members (excludes halogenated alkanes) is 1. The molecule has 0 radical (unpaired) electrons. The smallest absolute Gasteiger partial charge is 0.285 e. The Morgan fingerprint density at radius 1 is 1.50 bits per heavy atom. The van der Waals surface area contributed by atoms with Crippen molar-refractivity contribution in [2.75, 3.05) is 19.8 Å². The summed E-state index contributed by atoms with van der Waals surface area (Å²) in [5.41, 5.74) is 0. The van der Waals surface area contributed by atoms with Gasteiger partial charge in [0.2, 0.25) is 0 Å². The van der Waals surface area contributed by atoms with Crippen LogP contribution in [0.1, 0.15) is 19.8 Å². The molecule has 0 spiro atoms. The zero-order chi connectivity index (χ0) is 8.86. The van der Waals surface area contributed by atoms with Gasteiger partial charge in [-0.3, -0.25) is 9.05 Å². The van der Waals surface area contributed by atoms with Gasteiger partial charge in [-0.25, -0.2) is 9.45 Å². The van der Waals surface area contributed by atoms with Gasteiger partial charge in [0, 0.05) is 0 Å². The summed E-state index contributed by atoms with van der Waals surface area (Å²) in [5.74, 6) is 0. The summed E-state index contributed by atoms with van der Waals surface area (Å²) in [6.07, 6.45) is 1.80. The second-order valence-electron chi connectivity index (χ2n) is 2.36. The lowest BCUT2D eigenvalue weighted by Gasteiger charge is -2.20. The maximum absolute atomic E-state index is 11.3. The fraction of sp³-hybridized carbons (Fsp3) is 1.00. The molecule has 1 saturated heterocycles. The molecular weight excluding hydrogens is 183 g/mol. The van der Waals surface area contributed by atoms with Crippen molar-refractivity contribution in [3.05, 3.63) is 0 Å². The summed E-state index contributed by atoms with van der Waals surface area (Å²) >= 11 is 0. The van der Waals surface area contributed by atoms with Crippen LogP contribution in [-0.4, -0.2) is 19.8 Å². The Morgan fingerprint density at radius 2 is 2.33 bits per heavy atom. The SMILES string of the molecule is CCCCOP1(=O)OCCOO1. The lowest BCUT2D eigenvalue weighted by Crippen LogP contribution is -2.13. The summed E-state index contributed by atoms with van der Waals surface area (Å²) in [4.78, 5) is 4.50. The molecule has 1 unspecified atom stereocenters. The standard InChI is InChI=1S/C6H13O5P/c1-2-3-4-9-12(7)10-6-5-8-11-12/h2-6H2,1H3. The third-order valence-electron chi connectivity index (χ3n) is 1.31. The molecule has 0 bridgehead atoms. The van der Waals surface area contributed by atoms with Crippen LogP contribution in [0.5, 0.6) is 0 Å². The van der Waals surface area contributed by atoms with Crippen molar-refractivity contribution in [1.29, 1.82) is 0 Å². The first-order valence-electron chi connectivity index (χ1n) is 3.97. The molecule has 0 saturated carbocycles. The van der Waals surface area contributed by atoms with Crippen LogP contribution < -0.4 is 0 Å². The molecule has 0 aliphatic carbocycles. The second-order valence-corrected chi connectivity index (χ2v) is 3.92. The largest absolute Gasteiger partial charge is 0.502 e. The Kier molecular flexibility index (Phi) is 4.18. The maximum atomic E-state index is 11.3. The first kappa shape index (κ1) is 10.2. The minimum atomic E-state index is -3.37. The summed E-state index contributed by atoms with van der Waals surface area (Å²) in [7, 11) is -3.37. The van der Waals surface area contributed by atoms with Gasteiger partial charge in [0.1, 0.15) is 6.61 Å². The van der Waals surface area contributed by atoms with Gasteiger partial charge in [-0.15, -0.1) is 4.67 Å². The van der Waals surface area contributed by atoms with E-state index in [1.165, 1.54) is 0 Å². The van der Waals surface area contributed by atoms with Gasteiger partial charge in [-0.05, 0) is 6.42 Å². The average molecular weight is 196 g/mol. The van der Waals surface area contributed by atoms with E-state index in [0.29, 0.717) is 13.2 Å². The van der Waals surface area contributed by atoms with Gasteiger partial charge in [0.05, 0.1) is 13.2 Å². The number of hydrogen-bond acceptors (Lipinski definition) is 5. The van der Waals surface area contributed by atoms with Crippen LogP contribution in [0.2, 0.25) is 0 Å². The third kappa shape index (κ3) is 3.21. The molecule has 1 fully saturated rings. The van der Waals surface area contributed by atoms with Crippen LogP contribution >= 0.6 is 7.82 Å². The topological polar surface area (TPSA) is 54.0 Å². The molecular formula is C6H13O5P. The summed E-state index contributed by atoms with van der Waals surface area (Å²) in [6.45, 7) is 2.93. The highest BCUT2D eigenvalue weighted by atomic mass is 31.2. The highest BCUT2D eigenvalue weighted by Crippen LogP contribution is 2.51. The first-order valence-corrected chi connectivity index (χ1v) is 5.43. The second kappa shape index (κ2) is 4.94. The van der Waals surface area contributed by atoms with Gasteiger partial charge in [-0.1, -0.05) is 13.3 Å². The maximum Gasteiger partial charge on any atom is 0.502 e. The van der Waals surface area contributed by atoms with Gasteiger partial charge in [0.15, 0.2) is 0 Å². The highest BCUT2D eigenvalue weighted by molar-refractivity contribution is 7.48. The molecule has 1 rings (SSSR count). The van der Waals surface area contributed by atoms with Gasteiger partial charge in [0.25, 0.3) is 0 Å². The van der Waals surface area contributed by atoms with Crippen LogP contribution in [0, 0.1) is 0 Å². The van der Waals surface area contributed by atoms with E-state index in [4.69, 9.17) is 9.05 Å². The number of phosphoric ester groups is 1. The van der Waals surface area contributed by atoms with Gasteiger partial charge in [-0.2, -0.15) is 0 Å². The summed E-state index contributed by atoms with van der Waals surface area (Å²) in [6, 6.07) is 0. The van der Waals surface area contributed by atoms with E-state index < -0.39 is 7.82 Å². The molecule has 1 heterocycles. The molecule has 1 aliphatic heterocycles. The van der Waals surface area contributed by atoms with Gasteiger partial charge < -0.3 is 0 Å². The Bertz CT molecular complexity index is 161. The molecule has 0 aromatic heterocycles. The lowest BCUT2D eigenvalue weighted by molar-refractivity contribution is -0.253. The number of hydrogen-bond donors (Lipinski definition) is 0. The molecule has 0 N–H and O–H groups in total. The molecule has 6 heteroatoms. The minimum Gasteiger partial charge on any atom is -0.285 e. The van der Waals surface area contributed by atoms with Crippen LogP contribution in [0.15, 0.2) is 0 Å². The molecule has 0 aromatic rings. The molecule has 12 heavy (non-hydrogen) atoms.